The van der Waals surface area contributed by atoms with E-state index in [4.69, 9.17) is 37.9 Å². The summed E-state index contributed by atoms with van der Waals surface area (Å²) in [5.41, 5.74) is 19.7. The molecule has 3 aliphatic heterocycles. The molecule has 5 rings (SSSR count). The molecule has 268 valence electrons. The Labute approximate surface area is 285 Å². The van der Waals surface area contributed by atoms with Gasteiger partial charge in [-0.15, -0.1) is 0 Å². The van der Waals surface area contributed by atoms with Crippen LogP contribution in [-0.4, -0.2) is 92.5 Å². The average molecular weight is 687 g/mol. The van der Waals surface area contributed by atoms with Gasteiger partial charge in [0.05, 0.1) is 44.2 Å². The maximum atomic E-state index is 12.2. The third kappa shape index (κ3) is 8.47. The summed E-state index contributed by atoms with van der Waals surface area (Å²) >= 11 is 0. The Kier molecular flexibility index (Phi) is 12.4. The molecule has 4 fully saturated rings. The van der Waals surface area contributed by atoms with Crippen LogP contribution in [0, 0.1) is 23.7 Å². The van der Waals surface area contributed by atoms with Crippen molar-refractivity contribution in [1.29, 1.82) is 0 Å². The molecular formula is C33H46N6O10. The maximum absolute atomic E-state index is 12.2. The van der Waals surface area contributed by atoms with Crippen molar-refractivity contribution in [3.8, 4) is 0 Å². The van der Waals surface area contributed by atoms with Crippen molar-refractivity contribution in [3.63, 3.8) is 0 Å². The molecule has 0 radical (unpaired) electrons. The first kappa shape index (κ1) is 36.8. The Bertz CT molecular complexity index is 1390. The summed E-state index contributed by atoms with van der Waals surface area (Å²) in [6, 6.07) is 8.22. The van der Waals surface area contributed by atoms with Gasteiger partial charge in [-0.25, -0.2) is 0 Å². The number of carbonyl (C=O) groups is 2. The largest absolute Gasteiger partial charge is 0.466 e. The number of rotatable bonds is 12. The van der Waals surface area contributed by atoms with Crippen LogP contribution in [0.3, 0.4) is 0 Å². The van der Waals surface area contributed by atoms with Gasteiger partial charge in [0.15, 0.2) is 12.6 Å². The highest BCUT2D eigenvalue weighted by Crippen LogP contribution is 2.42. The fraction of sp³-hybridized carbons (Fsp3) is 0.758. The van der Waals surface area contributed by atoms with Crippen LogP contribution >= 0.6 is 0 Å². The van der Waals surface area contributed by atoms with Crippen molar-refractivity contribution in [1.82, 2.24) is 0 Å². The second-order valence-corrected chi connectivity index (χ2v) is 13.4. The summed E-state index contributed by atoms with van der Waals surface area (Å²) < 4.78 is 49.3. The second kappa shape index (κ2) is 16.5. The number of ether oxygens (including phenoxy) is 8. The molecule has 0 spiro atoms. The molecule has 0 N–H and O–H groups in total. The molecule has 1 aromatic carbocycles. The number of azide groups is 2. The molecule has 3 heterocycles. The molecule has 3 saturated heterocycles. The molecule has 49 heavy (non-hydrogen) atoms. The molecule has 0 amide bonds. The second-order valence-electron chi connectivity index (χ2n) is 13.4. The average Bonchev–Trinajstić information content (AvgIpc) is 3.51. The molecule has 1 saturated carbocycles. The van der Waals surface area contributed by atoms with Crippen molar-refractivity contribution in [2.24, 2.45) is 33.9 Å². The third-order valence-electron chi connectivity index (χ3n) is 10.3. The highest BCUT2D eigenvalue weighted by atomic mass is 16.8. The summed E-state index contributed by atoms with van der Waals surface area (Å²) in [6.45, 7) is 11.2. The predicted molar refractivity (Wildman–Crippen MR) is 171 cm³/mol. The number of benzene rings is 1. The molecule has 15 atom stereocenters. The van der Waals surface area contributed by atoms with Crippen LogP contribution in [0.5, 0.6) is 0 Å². The molecule has 2 bridgehead atoms. The number of esters is 2. The van der Waals surface area contributed by atoms with Gasteiger partial charge < -0.3 is 37.9 Å². The standard InChI is InChI=1S/C33H46N6O10/c1-16-17(2)26(36-38-34)24(12-23(16)14-42-20(5)40)47-28-18(3)29(43-13-22-10-8-7-9-11-22)33(45-19(28)4)49-30-25-15-44-32(48-25)27(37-39-35)31(30)46-21(6)41/h7-11,16-19,23-33H,12-15H2,1-6H3/t16-,17-,18-,19?,23?,24-,25+,26?,27-,28-,29?,30+,31?,32?,33-/m0/s1. The van der Waals surface area contributed by atoms with Crippen molar-refractivity contribution in [3.05, 3.63) is 56.8 Å². The van der Waals surface area contributed by atoms with E-state index in [9.17, 15) is 20.7 Å². The molecule has 0 aromatic heterocycles. The SMILES string of the molecule is CC(=O)OCC1C[C@H](O[C@@H]2C(C)O[C@@H](O[C@H]3C(OC(C)=O)[C@H](N=[N+]=[N-])C4OC[C@H]3O4)C(OCc3ccccc3)[C@H]2C)C(N=[N+]=[N-])[C@@H](C)[C@@H]1C. The van der Waals surface area contributed by atoms with Crippen molar-refractivity contribution in [2.75, 3.05) is 13.2 Å². The van der Waals surface area contributed by atoms with Crippen LogP contribution in [0.2, 0.25) is 0 Å². The van der Waals surface area contributed by atoms with Gasteiger partial charge in [-0.1, -0.05) is 61.3 Å². The van der Waals surface area contributed by atoms with Crippen LogP contribution in [0.1, 0.15) is 53.5 Å². The maximum Gasteiger partial charge on any atom is 0.303 e. The van der Waals surface area contributed by atoms with E-state index >= 15 is 0 Å². The Balaban J connectivity index is 1.41. The lowest BCUT2D eigenvalue weighted by atomic mass is 9.70. The normalized spacial score (nSPS) is 40.0. The van der Waals surface area contributed by atoms with Gasteiger partial charge in [-0.3, -0.25) is 9.59 Å². The number of hydrogen-bond donors (Lipinski definition) is 0. The minimum atomic E-state index is -0.998. The van der Waals surface area contributed by atoms with E-state index in [0.717, 1.165) is 5.56 Å². The van der Waals surface area contributed by atoms with Crippen molar-refractivity contribution < 1.29 is 47.5 Å². The van der Waals surface area contributed by atoms with Gasteiger partial charge in [-0.2, -0.15) is 0 Å². The Morgan fingerprint density at radius 1 is 0.857 bits per heavy atom. The first-order valence-electron chi connectivity index (χ1n) is 16.8. The molecule has 1 aliphatic carbocycles. The summed E-state index contributed by atoms with van der Waals surface area (Å²) in [6.07, 6.45) is -6.07. The fourth-order valence-corrected chi connectivity index (χ4v) is 7.50. The fourth-order valence-electron chi connectivity index (χ4n) is 7.50. The quantitative estimate of drug-likeness (QED) is 0.125. The smallest absolute Gasteiger partial charge is 0.303 e. The van der Waals surface area contributed by atoms with Crippen LogP contribution in [0.25, 0.3) is 20.9 Å². The van der Waals surface area contributed by atoms with E-state index in [1.54, 1.807) is 0 Å². The van der Waals surface area contributed by atoms with Crippen LogP contribution in [-0.2, 0) is 54.1 Å². The minimum Gasteiger partial charge on any atom is -0.466 e. The lowest BCUT2D eigenvalue weighted by molar-refractivity contribution is -0.333. The van der Waals surface area contributed by atoms with Gasteiger partial charge in [-0.05, 0) is 47.7 Å². The molecule has 16 heteroatoms. The van der Waals surface area contributed by atoms with Crippen LogP contribution in [0.15, 0.2) is 40.6 Å². The molecule has 6 unspecified atom stereocenters. The molecule has 1 aromatic rings. The topological polar surface area (TPSA) is 206 Å². The van der Waals surface area contributed by atoms with Gasteiger partial charge in [0, 0.05) is 29.6 Å². The summed E-state index contributed by atoms with van der Waals surface area (Å²) in [5, 5.41) is 7.98. The van der Waals surface area contributed by atoms with Gasteiger partial charge >= 0.3 is 11.9 Å². The zero-order chi connectivity index (χ0) is 35.2. The number of fused-ring (bicyclic) bond motifs is 2. The zero-order valence-electron chi connectivity index (χ0n) is 28.6. The van der Waals surface area contributed by atoms with Gasteiger partial charge in [0.2, 0.25) is 0 Å². The monoisotopic (exact) mass is 686 g/mol. The lowest BCUT2D eigenvalue weighted by Gasteiger charge is -2.49. The van der Waals surface area contributed by atoms with Crippen molar-refractivity contribution >= 4 is 11.9 Å². The molecule has 4 aliphatic rings. The minimum absolute atomic E-state index is 0.00337. The van der Waals surface area contributed by atoms with Crippen LogP contribution < -0.4 is 0 Å². The van der Waals surface area contributed by atoms with E-state index in [1.165, 1.54) is 13.8 Å². The van der Waals surface area contributed by atoms with E-state index < -0.39 is 73.4 Å². The summed E-state index contributed by atoms with van der Waals surface area (Å²) in [5.74, 6) is -1.18. The Morgan fingerprint density at radius 3 is 2.24 bits per heavy atom. The van der Waals surface area contributed by atoms with Crippen LogP contribution in [0.4, 0.5) is 0 Å². The Hall–Kier alpha value is -3.46. The van der Waals surface area contributed by atoms with E-state index in [1.807, 2.05) is 51.1 Å². The number of carbonyl (C=O) groups excluding carboxylic acids is 2. The molecule has 16 nitrogen and oxygen atoms in total. The predicted octanol–water partition coefficient (Wildman–Crippen LogP) is 4.99. The summed E-state index contributed by atoms with van der Waals surface area (Å²) in [7, 11) is 0. The lowest BCUT2D eigenvalue weighted by Crippen LogP contribution is -2.61. The highest BCUT2D eigenvalue weighted by Gasteiger charge is 2.56. The Morgan fingerprint density at radius 2 is 1.57 bits per heavy atom. The van der Waals surface area contributed by atoms with Crippen molar-refractivity contribution in [2.45, 2.75) is 122 Å². The van der Waals surface area contributed by atoms with E-state index in [-0.39, 0.29) is 49.5 Å². The third-order valence-corrected chi connectivity index (χ3v) is 10.3. The summed E-state index contributed by atoms with van der Waals surface area (Å²) in [4.78, 5) is 29.9. The van der Waals surface area contributed by atoms with Gasteiger partial charge in [0.1, 0.15) is 30.5 Å². The number of hydrogen-bond acceptors (Lipinski definition) is 12. The van der Waals surface area contributed by atoms with E-state index in [0.29, 0.717) is 6.42 Å². The molecular weight excluding hydrogens is 640 g/mol. The zero-order valence-corrected chi connectivity index (χ0v) is 28.6. The van der Waals surface area contributed by atoms with Gasteiger partial charge in [0.25, 0.3) is 0 Å². The first-order chi connectivity index (χ1) is 23.5. The highest BCUT2D eigenvalue weighted by molar-refractivity contribution is 5.66. The number of nitrogens with zero attached hydrogens (tertiary/aromatic N) is 6. The first-order valence-corrected chi connectivity index (χ1v) is 16.8. The van der Waals surface area contributed by atoms with E-state index in [2.05, 4.69) is 27.0 Å².